The summed E-state index contributed by atoms with van der Waals surface area (Å²) in [5.41, 5.74) is 2.80. The maximum atomic E-state index is 13.0. The van der Waals surface area contributed by atoms with E-state index >= 15 is 0 Å². The molecule has 2 unspecified atom stereocenters. The fourth-order valence-corrected chi connectivity index (χ4v) is 4.71. The van der Waals surface area contributed by atoms with Crippen LogP contribution in [0.25, 0.3) is 0 Å². The number of ether oxygens (including phenoxy) is 1. The molecule has 1 aromatic heterocycles. The average molecular weight is 452 g/mol. The van der Waals surface area contributed by atoms with Crippen LogP contribution in [0.2, 0.25) is 0 Å². The summed E-state index contributed by atoms with van der Waals surface area (Å²) in [7, 11) is 1.55. The highest BCUT2D eigenvalue weighted by atomic mass is 19.4. The van der Waals surface area contributed by atoms with Gasteiger partial charge in [-0.25, -0.2) is 0 Å². The van der Waals surface area contributed by atoms with E-state index in [2.05, 4.69) is 13.8 Å². The highest BCUT2D eigenvalue weighted by Crippen LogP contribution is 2.47. The van der Waals surface area contributed by atoms with Gasteiger partial charge in [0.1, 0.15) is 6.10 Å². The summed E-state index contributed by atoms with van der Waals surface area (Å²) in [5.74, 6) is -0.0514. The van der Waals surface area contributed by atoms with Crippen molar-refractivity contribution in [3.8, 4) is 0 Å². The number of methoxy groups -OCH3 is 1. The molecule has 1 aliphatic rings. The third-order valence-corrected chi connectivity index (χ3v) is 6.29. The van der Waals surface area contributed by atoms with Crippen LogP contribution in [0.15, 0.2) is 24.3 Å². The van der Waals surface area contributed by atoms with Crippen molar-refractivity contribution in [1.29, 1.82) is 0 Å². The first kappa shape index (κ1) is 24.7. The SMILES string of the molecule is COC(C)c1nc2c(c(C(C)C)c1C(O)c1ccc(C(F)(F)F)cc1)[C@@H](O)CC(C)(C)C2. The lowest BCUT2D eigenvalue weighted by Crippen LogP contribution is -2.30. The van der Waals surface area contributed by atoms with Crippen LogP contribution in [0.4, 0.5) is 13.2 Å². The van der Waals surface area contributed by atoms with Crippen molar-refractivity contribution in [2.24, 2.45) is 5.41 Å². The maximum Gasteiger partial charge on any atom is 0.416 e. The first-order valence-corrected chi connectivity index (χ1v) is 10.9. The van der Waals surface area contributed by atoms with Crippen molar-refractivity contribution >= 4 is 0 Å². The molecule has 0 saturated heterocycles. The van der Waals surface area contributed by atoms with Gasteiger partial charge in [-0.2, -0.15) is 13.2 Å². The van der Waals surface area contributed by atoms with Crippen LogP contribution in [0, 0.1) is 5.41 Å². The highest BCUT2D eigenvalue weighted by molar-refractivity contribution is 5.50. The topological polar surface area (TPSA) is 62.6 Å². The molecule has 0 saturated carbocycles. The normalized spacial score (nSPS) is 20.2. The van der Waals surface area contributed by atoms with E-state index in [4.69, 9.17) is 9.72 Å². The molecule has 0 aliphatic heterocycles. The predicted molar refractivity (Wildman–Crippen MR) is 116 cm³/mol. The number of rotatable bonds is 5. The Morgan fingerprint density at radius 3 is 2.19 bits per heavy atom. The van der Waals surface area contributed by atoms with Crippen LogP contribution < -0.4 is 0 Å². The molecule has 0 bridgehead atoms. The Kier molecular flexibility index (Phi) is 6.76. The molecule has 32 heavy (non-hydrogen) atoms. The molecule has 7 heteroatoms. The van der Waals surface area contributed by atoms with E-state index in [9.17, 15) is 23.4 Å². The fraction of sp³-hybridized carbons (Fsp3) is 0.560. The van der Waals surface area contributed by atoms with Crippen molar-refractivity contribution in [2.45, 2.75) is 77.9 Å². The molecule has 1 aliphatic carbocycles. The van der Waals surface area contributed by atoms with Gasteiger partial charge in [0.25, 0.3) is 0 Å². The van der Waals surface area contributed by atoms with Gasteiger partial charge in [0.2, 0.25) is 0 Å². The van der Waals surface area contributed by atoms with E-state index in [0.29, 0.717) is 29.7 Å². The van der Waals surface area contributed by atoms with E-state index < -0.39 is 30.1 Å². The van der Waals surface area contributed by atoms with Gasteiger partial charge in [-0.1, -0.05) is 39.8 Å². The van der Waals surface area contributed by atoms with Gasteiger partial charge >= 0.3 is 6.18 Å². The molecule has 4 nitrogen and oxygen atoms in total. The van der Waals surface area contributed by atoms with E-state index in [1.807, 2.05) is 20.8 Å². The summed E-state index contributed by atoms with van der Waals surface area (Å²) in [4.78, 5) is 4.85. The number of benzene rings is 1. The second kappa shape index (κ2) is 8.76. The highest BCUT2D eigenvalue weighted by Gasteiger charge is 2.38. The molecule has 3 rings (SSSR count). The first-order valence-electron chi connectivity index (χ1n) is 10.9. The maximum absolute atomic E-state index is 13.0. The molecular formula is C25H32F3NO3. The number of aliphatic hydroxyl groups is 2. The van der Waals surface area contributed by atoms with Crippen molar-refractivity contribution in [3.63, 3.8) is 0 Å². The van der Waals surface area contributed by atoms with Crippen LogP contribution in [0.5, 0.6) is 0 Å². The molecular weight excluding hydrogens is 419 g/mol. The van der Waals surface area contributed by atoms with Crippen molar-refractivity contribution in [3.05, 3.63) is 63.5 Å². The standard InChI is InChI=1S/C25H32F3NO3/c1-13(2)19-20-17(11-24(4,5)12-18(20)30)29-22(14(3)32-6)21(19)23(31)15-7-9-16(10-8-15)25(26,27)28/h7-10,13-14,18,23,30-31H,11-12H2,1-6H3/t14?,18-,23?/m0/s1. The minimum absolute atomic E-state index is 0.0514. The van der Waals surface area contributed by atoms with Crippen LogP contribution in [-0.4, -0.2) is 22.3 Å². The monoisotopic (exact) mass is 451 g/mol. The van der Waals surface area contributed by atoms with E-state index in [1.165, 1.54) is 12.1 Å². The zero-order valence-electron chi connectivity index (χ0n) is 19.4. The lowest BCUT2D eigenvalue weighted by atomic mass is 9.71. The number of aliphatic hydroxyl groups excluding tert-OH is 2. The Morgan fingerprint density at radius 2 is 1.69 bits per heavy atom. The van der Waals surface area contributed by atoms with Gasteiger partial charge in [0.05, 0.1) is 23.5 Å². The van der Waals surface area contributed by atoms with E-state index in [1.54, 1.807) is 7.11 Å². The molecule has 2 aromatic rings. The largest absolute Gasteiger partial charge is 0.416 e. The quantitative estimate of drug-likeness (QED) is 0.584. The number of halogens is 3. The molecule has 3 atom stereocenters. The minimum atomic E-state index is -4.45. The van der Waals surface area contributed by atoms with Crippen LogP contribution in [-0.2, 0) is 17.3 Å². The lowest BCUT2D eigenvalue weighted by Gasteiger charge is -2.38. The van der Waals surface area contributed by atoms with Gasteiger partial charge in [0, 0.05) is 23.9 Å². The van der Waals surface area contributed by atoms with Crippen molar-refractivity contribution < 1.29 is 28.1 Å². The molecule has 1 heterocycles. The second-order valence-corrected chi connectivity index (χ2v) is 9.80. The summed E-state index contributed by atoms with van der Waals surface area (Å²) in [5, 5.41) is 22.4. The number of nitrogens with zero attached hydrogens (tertiary/aromatic N) is 1. The molecule has 0 fully saturated rings. The number of hydrogen-bond donors (Lipinski definition) is 2. The Hall–Kier alpha value is -1.96. The molecule has 0 amide bonds. The van der Waals surface area contributed by atoms with E-state index in [0.717, 1.165) is 29.0 Å². The van der Waals surface area contributed by atoms with E-state index in [-0.39, 0.29) is 11.3 Å². The van der Waals surface area contributed by atoms with Crippen molar-refractivity contribution in [2.75, 3.05) is 7.11 Å². The molecule has 1 aromatic carbocycles. The number of pyridine rings is 1. The molecule has 176 valence electrons. The number of fused-ring (bicyclic) bond motifs is 1. The Labute approximate surface area is 187 Å². The van der Waals surface area contributed by atoms with Gasteiger partial charge in [0.15, 0.2) is 0 Å². The Morgan fingerprint density at radius 1 is 1.09 bits per heavy atom. The first-order chi connectivity index (χ1) is 14.8. The predicted octanol–water partition coefficient (Wildman–Crippen LogP) is 6.02. The number of alkyl halides is 3. The van der Waals surface area contributed by atoms with Crippen LogP contribution in [0.1, 0.15) is 104 Å². The smallest absolute Gasteiger partial charge is 0.388 e. The van der Waals surface area contributed by atoms with Gasteiger partial charge < -0.3 is 14.9 Å². The van der Waals surface area contributed by atoms with Crippen molar-refractivity contribution in [1.82, 2.24) is 4.98 Å². The van der Waals surface area contributed by atoms with Gasteiger partial charge in [-0.3, -0.25) is 4.98 Å². The summed E-state index contributed by atoms with van der Waals surface area (Å²) >= 11 is 0. The zero-order chi connectivity index (χ0) is 24.0. The molecule has 0 radical (unpaired) electrons. The third kappa shape index (κ3) is 4.70. The fourth-order valence-electron chi connectivity index (χ4n) is 4.71. The number of hydrogen-bond acceptors (Lipinski definition) is 4. The molecule has 2 N–H and O–H groups in total. The average Bonchev–Trinajstić information content (AvgIpc) is 2.69. The van der Waals surface area contributed by atoms with Gasteiger partial charge in [-0.15, -0.1) is 0 Å². The summed E-state index contributed by atoms with van der Waals surface area (Å²) in [6, 6.07) is 4.52. The third-order valence-electron chi connectivity index (χ3n) is 6.29. The Balaban J connectivity index is 2.25. The Bertz CT molecular complexity index is 968. The number of aromatic nitrogens is 1. The minimum Gasteiger partial charge on any atom is -0.388 e. The lowest BCUT2D eigenvalue weighted by molar-refractivity contribution is -0.137. The summed E-state index contributed by atoms with van der Waals surface area (Å²) in [6.07, 6.45) is -5.59. The van der Waals surface area contributed by atoms with Crippen LogP contribution >= 0.6 is 0 Å². The summed E-state index contributed by atoms with van der Waals surface area (Å²) < 4.78 is 44.6. The van der Waals surface area contributed by atoms with Gasteiger partial charge in [-0.05, 0) is 54.4 Å². The van der Waals surface area contributed by atoms with Crippen LogP contribution in [0.3, 0.4) is 0 Å². The second-order valence-electron chi connectivity index (χ2n) is 9.80. The summed E-state index contributed by atoms with van der Waals surface area (Å²) in [6.45, 7) is 9.95. The molecule has 0 spiro atoms. The zero-order valence-corrected chi connectivity index (χ0v) is 19.4.